The van der Waals surface area contributed by atoms with E-state index < -0.39 is 0 Å². The maximum absolute atomic E-state index is 5.08. The fraction of sp³-hybridized carbons (Fsp3) is 0.400. The normalized spacial score (nSPS) is 12.4. The average molecular weight is 259 g/mol. The van der Waals surface area contributed by atoms with Crippen molar-refractivity contribution in [2.45, 2.75) is 19.4 Å². The van der Waals surface area contributed by atoms with E-state index >= 15 is 0 Å². The molecule has 0 unspecified atom stereocenters. The minimum atomic E-state index is 0.256. The maximum Gasteiger partial charge on any atom is 0.124 e. The third-order valence-corrected chi connectivity index (χ3v) is 3.16. The number of nitrogens with one attached hydrogen (secondary N) is 1. The fourth-order valence-corrected chi connectivity index (χ4v) is 2.04. The van der Waals surface area contributed by atoms with E-state index in [1.807, 2.05) is 17.8 Å². The van der Waals surface area contributed by atoms with E-state index in [0.717, 1.165) is 17.9 Å². The van der Waals surface area contributed by atoms with Crippen LogP contribution in [-0.2, 0) is 18.2 Å². The van der Waals surface area contributed by atoms with Crippen LogP contribution in [0.25, 0.3) is 0 Å². The van der Waals surface area contributed by atoms with Crippen LogP contribution in [0.15, 0.2) is 36.4 Å². The van der Waals surface area contributed by atoms with Crippen molar-refractivity contribution in [3.8, 4) is 0 Å². The fourth-order valence-electron chi connectivity index (χ4n) is 2.04. The number of hydrogen-bond donors (Lipinski definition) is 1. The molecule has 4 heteroatoms. The minimum absolute atomic E-state index is 0.256. The van der Waals surface area contributed by atoms with Gasteiger partial charge in [0.2, 0.25) is 0 Å². The summed E-state index contributed by atoms with van der Waals surface area (Å²) in [5.74, 6) is 1.03. The first-order chi connectivity index (χ1) is 9.20. The van der Waals surface area contributed by atoms with Crippen molar-refractivity contribution in [2.75, 3.05) is 19.0 Å². The van der Waals surface area contributed by atoms with Crippen LogP contribution in [0.1, 0.15) is 24.2 Å². The van der Waals surface area contributed by atoms with Crippen LogP contribution >= 0.6 is 0 Å². The van der Waals surface area contributed by atoms with Crippen LogP contribution < -0.4 is 5.32 Å². The topological polar surface area (TPSA) is 39.1 Å². The summed E-state index contributed by atoms with van der Waals surface area (Å²) in [6.07, 6.45) is 0.839. The summed E-state index contributed by atoms with van der Waals surface area (Å²) in [5.41, 5.74) is 2.31. The largest absolute Gasteiger partial charge is 0.384 e. The third-order valence-electron chi connectivity index (χ3n) is 3.16. The second-order valence-electron chi connectivity index (χ2n) is 4.66. The molecule has 1 heterocycles. The first-order valence-electron chi connectivity index (χ1n) is 6.54. The lowest BCUT2D eigenvalue weighted by atomic mass is 10.1. The second kappa shape index (κ2) is 6.38. The summed E-state index contributed by atoms with van der Waals surface area (Å²) >= 11 is 0. The molecule has 0 bridgehead atoms. The molecule has 1 aromatic carbocycles. The standard InChI is InChI=1S/C15H21N3O/c1-12(13-7-5-4-6-8-13)16-15-11-14(9-10-19-3)17-18(15)2/h4-8,11-12,16H,9-10H2,1-3H3/t12-/m0/s1. The van der Waals surface area contributed by atoms with Gasteiger partial charge in [0, 0.05) is 32.7 Å². The highest BCUT2D eigenvalue weighted by Crippen LogP contribution is 2.19. The lowest BCUT2D eigenvalue weighted by molar-refractivity contribution is 0.201. The molecule has 0 saturated carbocycles. The Hall–Kier alpha value is -1.81. The van der Waals surface area contributed by atoms with Crippen LogP contribution in [0.4, 0.5) is 5.82 Å². The second-order valence-corrected chi connectivity index (χ2v) is 4.66. The smallest absolute Gasteiger partial charge is 0.124 e. The van der Waals surface area contributed by atoms with E-state index in [4.69, 9.17) is 4.74 Å². The van der Waals surface area contributed by atoms with Crippen LogP contribution in [0.3, 0.4) is 0 Å². The van der Waals surface area contributed by atoms with Crippen molar-refractivity contribution < 1.29 is 4.74 Å². The molecule has 0 saturated heterocycles. The van der Waals surface area contributed by atoms with E-state index in [1.54, 1.807) is 7.11 Å². The predicted octanol–water partition coefficient (Wildman–Crippen LogP) is 2.78. The van der Waals surface area contributed by atoms with Gasteiger partial charge in [0.05, 0.1) is 12.3 Å². The van der Waals surface area contributed by atoms with Gasteiger partial charge in [0.25, 0.3) is 0 Å². The van der Waals surface area contributed by atoms with Gasteiger partial charge in [-0.3, -0.25) is 4.68 Å². The molecule has 0 aliphatic carbocycles. The van der Waals surface area contributed by atoms with Gasteiger partial charge in [-0.2, -0.15) is 5.10 Å². The molecule has 1 aromatic heterocycles. The van der Waals surface area contributed by atoms with Crippen LogP contribution in [-0.4, -0.2) is 23.5 Å². The van der Waals surface area contributed by atoms with Gasteiger partial charge in [-0.1, -0.05) is 30.3 Å². The third kappa shape index (κ3) is 3.58. The molecule has 0 fully saturated rings. The highest BCUT2D eigenvalue weighted by Gasteiger charge is 2.09. The van der Waals surface area contributed by atoms with E-state index in [-0.39, 0.29) is 6.04 Å². The molecule has 2 aromatic rings. The van der Waals surface area contributed by atoms with Gasteiger partial charge in [-0.15, -0.1) is 0 Å². The number of ether oxygens (including phenoxy) is 1. The number of methoxy groups -OCH3 is 1. The SMILES string of the molecule is COCCc1cc(N[C@@H](C)c2ccccc2)n(C)n1. The lowest BCUT2D eigenvalue weighted by Gasteiger charge is -2.15. The van der Waals surface area contributed by atoms with E-state index in [0.29, 0.717) is 6.61 Å². The average Bonchev–Trinajstić information content (AvgIpc) is 2.78. The molecular formula is C15H21N3O. The summed E-state index contributed by atoms with van der Waals surface area (Å²) in [6, 6.07) is 12.7. The number of rotatable bonds is 6. The first kappa shape index (κ1) is 13.6. The Balaban J connectivity index is 2.04. The number of aromatic nitrogens is 2. The minimum Gasteiger partial charge on any atom is -0.384 e. The number of aryl methyl sites for hydroxylation is 1. The molecule has 4 nitrogen and oxygen atoms in total. The van der Waals surface area contributed by atoms with Crippen molar-refractivity contribution in [1.29, 1.82) is 0 Å². The molecule has 19 heavy (non-hydrogen) atoms. The van der Waals surface area contributed by atoms with Crippen molar-refractivity contribution in [3.63, 3.8) is 0 Å². The van der Waals surface area contributed by atoms with Crippen molar-refractivity contribution in [2.24, 2.45) is 7.05 Å². The van der Waals surface area contributed by atoms with Crippen molar-refractivity contribution >= 4 is 5.82 Å². The van der Waals surface area contributed by atoms with Gasteiger partial charge in [-0.25, -0.2) is 0 Å². The number of hydrogen-bond acceptors (Lipinski definition) is 3. The molecule has 2 rings (SSSR count). The van der Waals surface area contributed by atoms with E-state index in [9.17, 15) is 0 Å². The zero-order valence-electron chi connectivity index (χ0n) is 11.8. The molecule has 1 atom stereocenters. The molecule has 0 spiro atoms. The highest BCUT2D eigenvalue weighted by atomic mass is 16.5. The molecule has 102 valence electrons. The Morgan fingerprint density at radius 3 is 2.74 bits per heavy atom. The van der Waals surface area contributed by atoms with Gasteiger partial charge >= 0.3 is 0 Å². The summed E-state index contributed by atoms with van der Waals surface area (Å²) in [7, 11) is 3.66. The summed E-state index contributed by atoms with van der Waals surface area (Å²) in [6.45, 7) is 2.85. The summed E-state index contributed by atoms with van der Waals surface area (Å²) in [4.78, 5) is 0. The first-order valence-corrected chi connectivity index (χ1v) is 6.54. The maximum atomic E-state index is 5.08. The van der Waals surface area contributed by atoms with Crippen molar-refractivity contribution in [3.05, 3.63) is 47.7 Å². The molecule has 0 aliphatic rings. The molecular weight excluding hydrogens is 238 g/mol. The Morgan fingerprint density at radius 1 is 1.32 bits per heavy atom. The van der Waals surface area contributed by atoms with Crippen molar-refractivity contribution in [1.82, 2.24) is 9.78 Å². The summed E-state index contributed by atoms with van der Waals surface area (Å²) < 4.78 is 6.96. The lowest BCUT2D eigenvalue weighted by Crippen LogP contribution is -2.09. The zero-order valence-corrected chi connectivity index (χ0v) is 11.8. The Labute approximate surface area is 114 Å². The quantitative estimate of drug-likeness (QED) is 0.867. The molecule has 0 amide bonds. The Bertz CT molecular complexity index is 507. The molecule has 0 radical (unpaired) electrons. The van der Waals surface area contributed by atoms with Gasteiger partial charge in [0.1, 0.15) is 5.82 Å². The van der Waals surface area contributed by atoms with E-state index in [2.05, 4.69) is 47.7 Å². The number of benzene rings is 1. The highest BCUT2D eigenvalue weighted by molar-refractivity contribution is 5.40. The van der Waals surface area contributed by atoms with Gasteiger partial charge in [0.15, 0.2) is 0 Å². The Kier molecular flexibility index (Phi) is 4.58. The van der Waals surface area contributed by atoms with Gasteiger partial charge < -0.3 is 10.1 Å². The molecule has 0 aliphatic heterocycles. The van der Waals surface area contributed by atoms with Crippen LogP contribution in [0.2, 0.25) is 0 Å². The number of nitrogens with zero attached hydrogens (tertiary/aromatic N) is 2. The Morgan fingerprint density at radius 2 is 2.05 bits per heavy atom. The monoisotopic (exact) mass is 259 g/mol. The predicted molar refractivity (Wildman–Crippen MR) is 77.3 cm³/mol. The zero-order chi connectivity index (χ0) is 13.7. The van der Waals surface area contributed by atoms with Gasteiger partial charge in [-0.05, 0) is 12.5 Å². The molecule has 1 N–H and O–H groups in total. The van der Waals surface area contributed by atoms with E-state index in [1.165, 1.54) is 5.56 Å². The van der Waals surface area contributed by atoms with Crippen LogP contribution in [0.5, 0.6) is 0 Å². The number of anilines is 1. The van der Waals surface area contributed by atoms with Crippen LogP contribution in [0, 0.1) is 0 Å². The summed E-state index contributed by atoms with van der Waals surface area (Å²) in [5, 5.41) is 7.95.